The van der Waals surface area contributed by atoms with Crippen LogP contribution >= 0.6 is 11.6 Å². The van der Waals surface area contributed by atoms with E-state index in [1.807, 2.05) is 74.5 Å². The van der Waals surface area contributed by atoms with Crippen LogP contribution in [0.2, 0.25) is 0 Å². The van der Waals surface area contributed by atoms with Gasteiger partial charge in [-0.25, -0.2) is 4.79 Å². The number of Topliss-reactive ketones (excluding diaryl/α,β-unsaturated/α-hetero) is 1. The van der Waals surface area contributed by atoms with Gasteiger partial charge in [-0.2, -0.15) is 0 Å². The smallest absolute Gasteiger partial charge is 0.408 e. The molecule has 0 aliphatic rings. The van der Waals surface area contributed by atoms with Crippen molar-refractivity contribution in [3.8, 4) is 0 Å². The molecule has 2 amide bonds. The first-order valence-electron chi connectivity index (χ1n) is 10.3. The summed E-state index contributed by atoms with van der Waals surface area (Å²) in [5, 5.41) is 5.38. The van der Waals surface area contributed by atoms with Gasteiger partial charge in [-0.1, -0.05) is 74.5 Å². The van der Waals surface area contributed by atoms with Crippen LogP contribution in [0, 0.1) is 5.92 Å². The lowest BCUT2D eigenvalue weighted by Crippen LogP contribution is -2.53. The summed E-state index contributed by atoms with van der Waals surface area (Å²) in [4.78, 5) is 37.5. The molecule has 2 aromatic rings. The second-order valence-electron chi connectivity index (χ2n) is 7.74. The van der Waals surface area contributed by atoms with Crippen molar-refractivity contribution in [3.63, 3.8) is 0 Å². The molecule has 0 unspecified atom stereocenters. The van der Waals surface area contributed by atoms with Gasteiger partial charge in [0, 0.05) is 0 Å². The van der Waals surface area contributed by atoms with Gasteiger partial charge in [-0.15, -0.1) is 11.6 Å². The Morgan fingerprint density at radius 2 is 1.45 bits per heavy atom. The molecule has 7 heteroatoms. The van der Waals surface area contributed by atoms with Crippen LogP contribution < -0.4 is 10.6 Å². The minimum Gasteiger partial charge on any atom is -0.445 e. The van der Waals surface area contributed by atoms with Crippen LogP contribution in [0.3, 0.4) is 0 Å². The maximum Gasteiger partial charge on any atom is 0.408 e. The molecule has 31 heavy (non-hydrogen) atoms. The van der Waals surface area contributed by atoms with E-state index in [0.717, 1.165) is 11.1 Å². The summed E-state index contributed by atoms with van der Waals surface area (Å²) in [5.41, 5.74) is 1.75. The van der Waals surface area contributed by atoms with Gasteiger partial charge in [0.1, 0.15) is 12.6 Å². The minimum atomic E-state index is -0.829. The van der Waals surface area contributed by atoms with E-state index in [9.17, 15) is 14.4 Å². The highest BCUT2D eigenvalue weighted by atomic mass is 35.5. The number of hydrogen-bond acceptors (Lipinski definition) is 4. The number of carbonyl (C=O) groups is 3. The fourth-order valence-electron chi connectivity index (χ4n) is 3.07. The lowest BCUT2D eigenvalue weighted by atomic mass is 10.00. The number of alkyl halides is 1. The number of halogens is 1. The van der Waals surface area contributed by atoms with Crippen molar-refractivity contribution < 1.29 is 19.1 Å². The van der Waals surface area contributed by atoms with E-state index in [-0.39, 0.29) is 24.2 Å². The third kappa shape index (κ3) is 8.80. The van der Waals surface area contributed by atoms with Gasteiger partial charge < -0.3 is 15.4 Å². The van der Waals surface area contributed by atoms with E-state index < -0.39 is 24.1 Å². The molecule has 0 aliphatic carbocycles. The van der Waals surface area contributed by atoms with E-state index in [0.29, 0.717) is 12.8 Å². The molecular weight excluding hydrogens is 416 g/mol. The van der Waals surface area contributed by atoms with Crippen LogP contribution in [0.25, 0.3) is 0 Å². The van der Waals surface area contributed by atoms with Gasteiger partial charge >= 0.3 is 6.09 Å². The van der Waals surface area contributed by atoms with Crippen molar-refractivity contribution >= 4 is 29.4 Å². The van der Waals surface area contributed by atoms with Crippen molar-refractivity contribution in [2.24, 2.45) is 5.92 Å². The van der Waals surface area contributed by atoms with Crippen LogP contribution in [0.4, 0.5) is 4.79 Å². The van der Waals surface area contributed by atoms with Gasteiger partial charge in [0.25, 0.3) is 0 Å². The first kappa shape index (κ1) is 24.4. The van der Waals surface area contributed by atoms with Crippen LogP contribution in [0.1, 0.15) is 31.4 Å². The summed E-state index contributed by atoms with van der Waals surface area (Å²) < 4.78 is 5.24. The molecule has 0 heterocycles. The van der Waals surface area contributed by atoms with Crippen LogP contribution in [0.5, 0.6) is 0 Å². The van der Waals surface area contributed by atoms with Gasteiger partial charge in [0.15, 0.2) is 5.78 Å². The van der Waals surface area contributed by atoms with Crippen molar-refractivity contribution in [1.29, 1.82) is 0 Å². The highest BCUT2D eigenvalue weighted by Crippen LogP contribution is 2.09. The van der Waals surface area contributed by atoms with Crippen LogP contribution in [-0.2, 0) is 27.4 Å². The number of alkyl carbamates (subject to hydrolysis) is 1. The minimum absolute atomic E-state index is 0.101. The molecule has 6 nitrogen and oxygen atoms in total. The Balaban J connectivity index is 2.01. The molecule has 2 aromatic carbocycles. The van der Waals surface area contributed by atoms with E-state index in [1.165, 1.54) is 0 Å². The molecule has 0 saturated heterocycles. The topological polar surface area (TPSA) is 84.5 Å². The van der Waals surface area contributed by atoms with Crippen molar-refractivity contribution in [3.05, 3.63) is 71.8 Å². The van der Waals surface area contributed by atoms with Gasteiger partial charge in [0.2, 0.25) is 5.91 Å². The predicted molar refractivity (Wildman–Crippen MR) is 121 cm³/mol. The van der Waals surface area contributed by atoms with Crippen molar-refractivity contribution in [2.75, 3.05) is 5.88 Å². The van der Waals surface area contributed by atoms with Gasteiger partial charge in [-0.3, -0.25) is 9.59 Å². The summed E-state index contributed by atoms with van der Waals surface area (Å²) in [6.45, 7) is 4.00. The number of amides is 2. The average molecular weight is 445 g/mol. The zero-order valence-corrected chi connectivity index (χ0v) is 18.6. The lowest BCUT2D eigenvalue weighted by molar-refractivity contribution is -0.128. The lowest BCUT2D eigenvalue weighted by Gasteiger charge is -2.23. The summed E-state index contributed by atoms with van der Waals surface area (Å²) in [7, 11) is 0. The number of ether oxygens (including phenoxy) is 1. The van der Waals surface area contributed by atoms with E-state index in [2.05, 4.69) is 10.6 Å². The quantitative estimate of drug-likeness (QED) is 0.515. The number of benzene rings is 2. The Morgan fingerprint density at radius 1 is 0.871 bits per heavy atom. The molecule has 0 fully saturated rings. The largest absolute Gasteiger partial charge is 0.445 e. The molecule has 166 valence electrons. The predicted octanol–water partition coefficient (Wildman–Crippen LogP) is 3.86. The number of nitrogens with one attached hydrogen (secondary N) is 2. The van der Waals surface area contributed by atoms with E-state index >= 15 is 0 Å². The molecule has 0 aliphatic heterocycles. The van der Waals surface area contributed by atoms with Crippen molar-refractivity contribution in [1.82, 2.24) is 10.6 Å². The zero-order valence-electron chi connectivity index (χ0n) is 17.8. The summed E-state index contributed by atoms with van der Waals surface area (Å²) in [6, 6.07) is 17.0. The molecule has 0 radical (unpaired) electrons. The SMILES string of the molecule is CC(C)C[C@H](NC(=O)OCc1ccccc1)C(=O)N[C@H](Cc1ccccc1)C(=O)CCl. The number of rotatable bonds is 11. The zero-order chi connectivity index (χ0) is 22.6. The van der Waals surface area contributed by atoms with Crippen LogP contribution in [-0.4, -0.2) is 35.7 Å². The summed E-state index contributed by atoms with van der Waals surface area (Å²) in [5.74, 6) is -0.792. The highest BCUT2D eigenvalue weighted by Gasteiger charge is 2.27. The maximum absolute atomic E-state index is 12.9. The van der Waals surface area contributed by atoms with E-state index in [1.54, 1.807) is 0 Å². The fraction of sp³-hybridized carbons (Fsp3) is 0.375. The molecule has 2 atom stereocenters. The van der Waals surface area contributed by atoms with Crippen molar-refractivity contribution in [2.45, 2.75) is 45.4 Å². The highest BCUT2D eigenvalue weighted by molar-refractivity contribution is 6.28. The molecular formula is C24H29ClN2O4. The third-order valence-corrected chi connectivity index (χ3v) is 4.91. The van der Waals surface area contributed by atoms with Gasteiger partial charge in [0.05, 0.1) is 11.9 Å². The Kier molecular flexibility index (Phi) is 10.0. The second-order valence-corrected chi connectivity index (χ2v) is 8.01. The Hall–Kier alpha value is -2.86. The second kappa shape index (κ2) is 12.7. The number of hydrogen-bond donors (Lipinski definition) is 2. The number of carbonyl (C=O) groups excluding carboxylic acids is 3. The molecule has 2 N–H and O–H groups in total. The summed E-state index contributed by atoms with van der Waals surface area (Å²) in [6.07, 6.45) is 0.0395. The number of ketones is 1. The fourth-order valence-corrected chi connectivity index (χ4v) is 3.26. The molecule has 0 aromatic heterocycles. The summed E-state index contributed by atoms with van der Waals surface area (Å²) >= 11 is 5.75. The molecule has 0 spiro atoms. The van der Waals surface area contributed by atoms with Gasteiger partial charge in [-0.05, 0) is 29.9 Å². The monoisotopic (exact) mass is 444 g/mol. The average Bonchev–Trinajstić information content (AvgIpc) is 2.77. The first-order chi connectivity index (χ1) is 14.9. The molecule has 0 saturated carbocycles. The molecule has 0 bridgehead atoms. The Morgan fingerprint density at radius 3 is 2.00 bits per heavy atom. The maximum atomic E-state index is 12.9. The molecule has 2 rings (SSSR count). The Labute approximate surface area is 188 Å². The first-order valence-corrected chi connectivity index (χ1v) is 10.8. The Bertz CT molecular complexity index is 843. The van der Waals surface area contributed by atoms with E-state index in [4.69, 9.17) is 16.3 Å². The third-order valence-electron chi connectivity index (χ3n) is 4.65. The normalized spacial score (nSPS) is 12.6. The standard InChI is InChI=1S/C24H29ClN2O4/c1-17(2)13-21(27-24(30)31-16-19-11-7-4-8-12-19)23(29)26-20(22(28)15-25)14-18-9-5-3-6-10-18/h3-12,17,20-21H,13-16H2,1-2H3,(H,26,29)(H,27,30)/t20-,21+/m1/s1. The van der Waals surface area contributed by atoms with Crippen LogP contribution in [0.15, 0.2) is 60.7 Å².